The molecule has 7 nitrogen and oxygen atoms in total. The second-order valence-corrected chi connectivity index (χ2v) is 6.66. The summed E-state index contributed by atoms with van der Waals surface area (Å²) in [6, 6.07) is 11.6. The molecule has 2 aromatic carbocycles. The number of halogens is 3. The van der Waals surface area contributed by atoms with Gasteiger partial charge in [-0.25, -0.2) is 4.99 Å². The number of amidine groups is 1. The topological polar surface area (TPSA) is 92.2 Å². The lowest BCUT2D eigenvalue weighted by atomic mass is 10.00. The van der Waals surface area contributed by atoms with Crippen molar-refractivity contribution in [1.82, 2.24) is 5.43 Å². The predicted octanol–water partition coefficient (Wildman–Crippen LogP) is 4.55. The number of nitrogens with one attached hydrogen (secondary N) is 1. The van der Waals surface area contributed by atoms with Gasteiger partial charge in [0.05, 0.1) is 40.3 Å². The van der Waals surface area contributed by atoms with Crippen molar-refractivity contribution in [3.8, 4) is 0 Å². The van der Waals surface area contributed by atoms with E-state index in [1.165, 1.54) is 12.1 Å². The number of hydrogen-bond acceptors (Lipinski definition) is 6. The van der Waals surface area contributed by atoms with E-state index in [1.54, 1.807) is 24.3 Å². The number of non-ortho nitro benzene ring substituents is 1. The van der Waals surface area contributed by atoms with Crippen LogP contribution in [0.1, 0.15) is 11.1 Å². The number of benzene rings is 2. The van der Waals surface area contributed by atoms with Crippen molar-refractivity contribution in [2.45, 2.75) is 0 Å². The molecule has 0 unspecified atom stereocenters. The molecular formula is C18H14Cl3N5O2. The van der Waals surface area contributed by atoms with Crippen LogP contribution in [0.3, 0.4) is 0 Å². The molecule has 1 aliphatic heterocycles. The molecule has 0 bridgehead atoms. The van der Waals surface area contributed by atoms with Gasteiger partial charge in [-0.15, -0.1) is 23.2 Å². The van der Waals surface area contributed by atoms with Crippen molar-refractivity contribution in [3.05, 3.63) is 68.7 Å². The van der Waals surface area contributed by atoms with Crippen LogP contribution in [0, 0.1) is 10.1 Å². The van der Waals surface area contributed by atoms with Gasteiger partial charge >= 0.3 is 0 Å². The number of hydrogen-bond donors (Lipinski definition) is 1. The van der Waals surface area contributed by atoms with Crippen LogP contribution in [-0.2, 0) is 0 Å². The smallest absolute Gasteiger partial charge is 0.270 e. The van der Waals surface area contributed by atoms with E-state index in [2.05, 4.69) is 20.5 Å². The normalized spacial score (nSPS) is 13.0. The Kier molecular flexibility index (Phi) is 6.61. The van der Waals surface area contributed by atoms with E-state index in [4.69, 9.17) is 34.8 Å². The van der Waals surface area contributed by atoms with E-state index in [0.717, 1.165) is 0 Å². The molecule has 28 heavy (non-hydrogen) atoms. The molecule has 1 aliphatic rings. The van der Waals surface area contributed by atoms with Crippen molar-refractivity contribution in [2.75, 3.05) is 18.3 Å². The van der Waals surface area contributed by atoms with E-state index in [9.17, 15) is 10.1 Å². The minimum Gasteiger partial charge on any atom is -0.276 e. The van der Waals surface area contributed by atoms with Crippen molar-refractivity contribution < 1.29 is 4.92 Å². The maximum atomic E-state index is 11.2. The lowest BCUT2D eigenvalue weighted by molar-refractivity contribution is -0.384. The Hall–Kier alpha value is -2.48. The first-order valence-corrected chi connectivity index (χ1v) is 9.57. The molecule has 0 aliphatic carbocycles. The summed E-state index contributed by atoms with van der Waals surface area (Å²) in [7, 11) is 0. The Bertz CT molecular complexity index is 998. The van der Waals surface area contributed by atoms with Crippen LogP contribution in [0.4, 0.5) is 11.4 Å². The van der Waals surface area contributed by atoms with Gasteiger partial charge in [0, 0.05) is 28.3 Å². The maximum absolute atomic E-state index is 11.2. The second-order valence-electron chi connectivity index (χ2n) is 5.72. The first-order valence-electron chi connectivity index (χ1n) is 8.12. The highest BCUT2D eigenvalue weighted by Crippen LogP contribution is 2.31. The van der Waals surface area contributed by atoms with E-state index in [0.29, 0.717) is 39.1 Å². The summed E-state index contributed by atoms with van der Waals surface area (Å²) < 4.78 is 0. The van der Waals surface area contributed by atoms with Crippen LogP contribution in [0.15, 0.2) is 57.6 Å². The maximum Gasteiger partial charge on any atom is 0.270 e. The summed E-state index contributed by atoms with van der Waals surface area (Å²) in [6.07, 6.45) is 0. The fraction of sp³-hybridized carbons (Fsp3) is 0.167. The summed E-state index contributed by atoms with van der Waals surface area (Å²) in [5.41, 5.74) is 5.52. The zero-order chi connectivity index (χ0) is 20.1. The molecule has 0 amide bonds. The van der Waals surface area contributed by atoms with Crippen molar-refractivity contribution in [2.24, 2.45) is 15.1 Å². The highest BCUT2D eigenvalue weighted by Gasteiger charge is 2.21. The molecule has 0 saturated carbocycles. The number of nitro groups is 1. The summed E-state index contributed by atoms with van der Waals surface area (Å²) in [5, 5.41) is 15.9. The van der Waals surface area contributed by atoms with Crippen molar-refractivity contribution in [3.63, 3.8) is 0 Å². The van der Waals surface area contributed by atoms with Crippen molar-refractivity contribution in [1.29, 1.82) is 0 Å². The third-order valence-corrected chi connectivity index (χ3v) is 4.82. The third kappa shape index (κ3) is 4.49. The molecule has 0 fully saturated rings. The van der Waals surface area contributed by atoms with E-state index >= 15 is 0 Å². The van der Waals surface area contributed by atoms with Gasteiger partial charge in [0.1, 0.15) is 5.84 Å². The van der Waals surface area contributed by atoms with Gasteiger partial charge in [0.25, 0.3) is 5.69 Å². The van der Waals surface area contributed by atoms with Gasteiger partial charge in [-0.2, -0.15) is 5.10 Å². The van der Waals surface area contributed by atoms with Gasteiger partial charge in [-0.05, 0) is 12.1 Å². The minimum absolute atomic E-state index is 0.0605. The molecule has 10 heteroatoms. The van der Waals surface area contributed by atoms with Gasteiger partial charge < -0.3 is 0 Å². The standard InChI is InChI=1S/C18H14Cl3N5O2/c19-8-11(9-20)24-25-17-10-22-18(13-3-1-2-4-15(13)21)14-7-12(26(27)28)5-6-16(14)23-17/h1-7H,8-10H2,(H,23,25). The molecule has 2 aromatic rings. The zero-order valence-corrected chi connectivity index (χ0v) is 16.7. The van der Waals surface area contributed by atoms with Gasteiger partial charge in [-0.1, -0.05) is 29.8 Å². The molecule has 144 valence electrons. The predicted molar refractivity (Wildman–Crippen MR) is 114 cm³/mol. The highest BCUT2D eigenvalue weighted by atomic mass is 35.5. The van der Waals surface area contributed by atoms with Crippen LogP contribution in [0.25, 0.3) is 0 Å². The zero-order valence-electron chi connectivity index (χ0n) is 14.4. The van der Waals surface area contributed by atoms with Gasteiger partial charge in [-0.3, -0.25) is 20.5 Å². The Morgan fingerprint density at radius 1 is 1.18 bits per heavy atom. The lowest BCUT2D eigenvalue weighted by Crippen LogP contribution is -2.23. The van der Waals surface area contributed by atoms with Crippen LogP contribution >= 0.6 is 34.8 Å². The van der Waals surface area contributed by atoms with E-state index in [-0.39, 0.29) is 24.0 Å². The summed E-state index contributed by atoms with van der Waals surface area (Å²) >= 11 is 17.9. The molecule has 0 spiro atoms. The largest absolute Gasteiger partial charge is 0.276 e. The molecule has 0 saturated heterocycles. The molecule has 1 heterocycles. The minimum atomic E-state index is -0.463. The van der Waals surface area contributed by atoms with Crippen LogP contribution in [-0.4, -0.2) is 40.5 Å². The number of hydrazone groups is 1. The Balaban J connectivity index is 2.10. The molecule has 0 radical (unpaired) electrons. The van der Waals surface area contributed by atoms with Crippen molar-refractivity contribution >= 4 is 63.4 Å². The average molecular weight is 439 g/mol. The summed E-state index contributed by atoms with van der Waals surface area (Å²) in [6.45, 7) is 0.171. The lowest BCUT2D eigenvalue weighted by Gasteiger charge is -2.09. The number of nitrogens with zero attached hydrogens (tertiary/aromatic N) is 4. The Morgan fingerprint density at radius 3 is 2.61 bits per heavy atom. The molecule has 0 aromatic heterocycles. The average Bonchev–Trinajstić information content (AvgIpc) is 2.88. The fourth-order valence-electron chi connectivity index (χ4n) is 2.53. The number of alkyl halides is 2. The number of aliphatic imine (C=N–C) groups is 2. The second kappa shape index (κ2) is 9.14. The fourth-order valence-corrected chi connectivity index (χ4v) is 3.16. The molecule has 0 atom stereocenters. The monoisotopic (exact) mass is 437 g/mol. The quantitative estimate of drug-likeness (QED) is 0.321. The molecular weight excluding hydrogens is 425 g/mol. The first-order chi connectivity index (χ1) is 13.5. The van der Waals surface area contributed by atoms with Gasteiger partial charge in [0.2, 0.25) is 0 Å². The van der Waals surface area contributed by atoms with Gasteiger partial charge in [0.15, 0.2) is 0 Å². The number of fused-ring (bicyclic) bond motifs is 1. The Morgan fingerprint density at radius 2 is 1.93 bits per heavy atom. The Labute approximate surface area is 175 Å². The van der Waals surface area contributed by atoms with E-state index in [1.807, 2.05) is 6.07 Å². The first kappa shape index (κ1) is 20.3. The van der Waals surface area contributed by atoms with Crippen LogP contribution < -0.4 is 5.43 Å². The van der Waals surface area contributed by atoms with E-state index < -0.39 is 4.92 Å². The molecule has 1 N–H and O–H groups in total. The summed E-state index contributed by atoms with van der Waals surface area (Å²) in [5.74, 6) is 0.811. The third-order valence-electron chi connectivity index (χ3n) is 3.87. The summed E-state index contributed by atoms with van der Waals surface area (Å²) in [4.78, 5) is 19.9. The number of nitro benzene ring substituents is 1. The van der Waals surface area contributed by atoms with Crippen LogP contribution in [0.5, 0.6) is 0 Å². The molecule has 3 rings (SSSR count). The van der Waals surface area contributed by atoms with Crippen LogP contribution in [0.2, 0.25) is 5.02 Å². The SMILES string of the molecule is O=[N+]([O-])c1ccc2c(c1)C(c1ccccc1Cl)=NCC(NN=C(CCl)CCl)=N2. The number of rotatable bonds is 5. The highest BCUT2D eigenvalue weighted by molar-refractivity contribution is 6.37.